The Balaban J connectivity index is 2.13. The predicted molar refractivity (Wildman–Crippen MR) is 65.5 cm³/mol. The second-order valence-corrected chi connectivity index (χ2v) is 8.70. The minimum absolute atomic E-state index is 0.0122. The SMILES string of the molecule is CCS(=O)(=O)C1CN(S(=O)(=O)c2ccc(C)o2)C1. The molecule has 0 aromatic carbocycles. The van der Waals surface area contributed by atoms with Gasteiger partial charge in [-0.05, 0) is 19.1 Å². The lowest BCUT2D eigenvalue weighted by Gasteiger charge is -2.36. The number of nitrogens with zero attached hydrogens (tertiary/aromatic N) is 1. The van der Waals surface area contributed by atoms with Crippen molar-refractivity contribution in [3.63, 3.8) is 0 Å². The Morgan fingerprint density at radius 2 is 1.89 bits per heavy atom. The van der Waals surface area contributed by atoms with E-state index in [-0.39, 0.29) is 23.9 Å². The van der Waals surface area contributed by atoms with Crippen molar-refractivity contribution in [3.8, 4) is 0 Å². The van der Waals surface area contributed by atoms with Crippen LogP contribution in [-0.2, 0) is 19.9 Å². The molecule has 1 aliphatic heterocycles. The second-order valence-electron chi connectivity index (χ2n) is 4.26. The highest BCUT2D eigenvalue weighted by molar-refractivity contribution is 7.92. The molecule has 1 aliphatic rings. The summed E-state index contributed by atoms with van der Waals surface area (Å²) in [4.78, 5) is 0. The fourth-order valence-corrected chi connectivity index (χ4v) is 4.70. The summed E-state index contributed by atoms with van der Waals surface area (Å²) in [5.41, 5.74) is 0. The lowest BCUT2D eigenvalue weighted by molar-refractivity contribution is 0.297. The van der Waals surface area contributed by atoms with Crippen LogP contribution in [0.5, 0.6) is 0 Å². The molecular formula is C10H15NO5S2. The van der Waals surface area contributed by atoms with Gasteiger partial charge in [-0.1, -0.05) is 6.92 Å². The first-order chi connectivity index (χ1) is 8.27. The number of hydrogen-bond donors (Lipinski definition) is 0. The van der Waals surface area contributed by atoms with Crippen LogP contribution in [-0.4, -0.2) is 45.2 Å². The van der Waals surface area contributed by atoms with Crippen molar-refractivity contribution < 1.29 is 21.3 Å². The minimum atomic E-state index is -3.68. The van der Waals surface area contributed by atoms with Crippen molar-refractivity contribution in [2.24, 2.45) is 0 Å². The highest BCUT2D eigenvalue weighted by Crippen LogP contribution is 2.26. The largest absolute Gasteiger partial charge is 0.449 e. The van der Waals surface area contributed by atoms with Crippen LogP contribution in [0.15, 0.2) is 21.6 Å². The molecule has 8 heteroatoms. The van der Waals surface area contributed by atoms with Gasteiger partial charge in [-0.3, -0.25) is 0 Å². The van der Waals surface area contributed by atoms with Crippen LogP contribution >= 0.6 is 0 Å². The van der Waals surface area contributed by atoms with Gasteiger partial charge in [-0.25, -0.2) is 16.8 Å². The van der Waals surface area contributed by atoms with Crippen LogP contribution in [0.4, 0.5) is 0 Å². The van der Waals surface area contributed by atoms with Crippen molar-refractivity contribution in [2.75, 3.05) is 18.8 Å². The van der Waals surface area contributed by atoms with E-state index in [1.807, 2.05) is 0 Å². The van der Waals surface area contributed by atoms with Crippen molar-refractivity contribution in [3.05, 3.63) is 17.9 Å². The summed E-state index contributed by atoms with van der Waals surface area (Å²) in [7, 11) is -6.85. The molecule has 102 valence electrons. The van der Waals surface area contributed by atoms with Gasteiger partial charge in [0.1, 0.15) is 5.76 Å². The van der Waals surface area contributed by atoms with Gasteiger partial charge in [0, 0.05) is 18.8 Å². The van der Waals surface area contributed by atoms with Crippen LogP contribution in [0.25, 0.3) is 0 Å². The Hall–Kier alpha value is -0.860. The van der Waals surface area contributed by atoms with Crippen LogP contribution in [0.3, 0.4) is 0 Å². The summed E-state index contributed by atoms with van der Waals surface area (Å²) in [6.07, 6.45) is 0. The van der Waals surface area contributed by atoms with E-state index in [4.69, 9.17) is 4.42 Å². The highest BCUT2D eigenvalue weighted by Gasteiger charge is 2.43. The average Bonchev–Trinajstić information content (AvgIpc) is 2.62. The van der Waals surface area contributed by atoms with E-state index in [2.05, 4.69) is 0 Å². The minimum Gasteiger partial charge on any atom is -0.449 e. The molecule has 0 saturated carbocycles. The number of rotatable bonds is 4. The Morgan fingerprint density at radius 1 is 1.28 bits per heavy atom. The molecule has 0 aliphatic carbocycles. The molecular weight excluding hydrogens is 278 g/mol. The van der Waals surface area contributed by atoms with Gasteiger partial charge in [0.25, 0.3) is 10.0 Å². The fourth-order valence-electron chi connectivity index (χ4n) is 1.74. The Labute approximate surface area is 107 Å². The topological polar surface area (TPSA) is 84.7 Å². The highest BCUT2D eigenvalue weighted by atomic mass is 32.2. The van der Waals surface area contributed by atoms with E-state index in [1.54, 1.807) is 19.9 Å². The molecule has 0 radical (unpaired) electrons. The molecule has 0 atom stereocenters. The van der Waals surface area contributed by atoms with E-state index >= 15 is 0 Å². The molecule has 2 heterocycles. The zero-order valence-electron chi connectivity index (χ0n) is 10.2. The molecule has 2 rings (SSSR count). The Bertz CT molecular complexity index is 638. The third-order valence-electron chi connectivity index (χ3n) is 3.03. The maximum Gasteiger partial charge on any atom is 0.276 e. The van der Waals surface area contributed by atoms with E-state index in [9.17, 15) is 16.8 Å². The van der Waals surface area contributed by atoms with Crippen LogP contribution in [0, 0.1) is 6.92 Å². The van der Waals surface area contributed by atoms with Crippen LogP contribution < -0.4 is 0 Å². The quantitative estimate of drug-likeness (QED) is 0.802. The van der Waals surface area contributed by atoms with Crippen LogP contribution in [0.2, 0.25) is 0 Å². The molecule has 1 fully saturated rings. The monoisotopic (exact) mass is 293 g/mol. The van der Waals surface area contributed by atoms with Crippen molar-refractivity contribution in [1.82, 2.24) is 4.31 Å². The predicted octanol–water partition coefficient (Wildman–Crippen LogP) is 0.396. The lowest BCUT2D eigenvalue weighted by atomic mass is 10.3. The molecule has 6 nitrogen and oxygen atoms in total. The number of furan rings is 1. The Kier molecular flexibility index (Phi) is 3.28. The smallest absolute Gasteiger partial charge is 0.276 e. The van der Waals surface area contributed by atoms with Crippen molar-refractivity contribution in [2.45, 2.75) is 24.2 Å². The van der Waals surface area contributed by atoms with Gasteiger partial charge in [0.15, 0.2) is 9.84 Å². The summed E-state index contributed by atoms with van der Waals surface area (Å²) >= 11 is 0. The first-order valence-electron chi connectivity index (χ1n) is 5.55. The number of sulfonamides is 1. The van der Waals surface area contributed by atoms with E-state index < -0.39 is 25.1 Å². The normalized spacial score (nSPS) is 18.8. The Morgan fingerprint density at radius 3 is 2.33 bits per heavy atom. The van der Waals surface area contributed by atoms with Crippen LogP contribution in [0.1, 0.15) is 12.7 Å². The number of sulfone groups is 1. The van der Waals surface area contributed by atoms with E-state index in [0.29, 0.717) is 5.76 Å². The molecule has 0 bridgehead atoms. The van der Waals surface area contributed by atoms with Gasteiger partial charge in [-0.15, -0.1) is 0 Å². The van der Waals surface area contributed by atoms with Crippen molar-refractivity contribution in [1.29, 1.82) is 0 Å². The zero-order valence-corrected chi connectivity index (χ0v) is 11.8. The molecule has 1 saturated heterocycles. The first-order valence-corrected chi connectivity index (χ1v) is 8.71. The van der Waals surface area contributed by atoms with Crippen molar-refractivity contribution >= 4 is 19.9 Å². The molecule has 0 unspecified atom stereocenters. The number of aryl methyl sites for hydroxylation is 1. The maximum absolute atomic E-state index is 12.0. The second kappa shape index (κ2) is 4.36. The standard InChI is InChI=1S/C10H15NO5S2/c1-3-17(12,13)9-6-11(7-9)18(14,15)10-5-4-8(2)16-10/h4-5,9H,3,6-7H2,1-2H3. The molecule has 1 aromatic rings. The van der Waals surface area contributed by atoms with Gasteiger partial charge in [0.05, 0.1) is 5.25 Å². The average molecular weight is 293 g/mol. The maximum atomic E-state index is 12.0. The molecule has 18 heavy (non-hydrogen) atoms. The lowest BCUT2D eigenvalue weighted by Crippen LogP contribution is -2.56. The van der Waals surface area contributed by atoms with Gasteiger partial charge in [0.2, 0.25) is 5.09 Å². The third kappa shape index (κ3) is 2.19. The fraction of sp³-hybridized carbons (Fsp3) is 0.600. The summed E-state index contributed by atoms with van der Waals surface area (Å²) in [5.74, 6) is 0.539. The van der Waals surface area contributed by atoms with E-state index in [0.717, 1.165) is 4.31 Å². The van der Waals surface area contributed by atoms with Gasteiger partial charge < -0.3 is 4.42 Å². The molecule has 0 spiro atoms. The molecule has 0 amide bonds. The van der Waals surface area contributed by atoms with Gasteiger partial charge in [-0.2, -0.15) is 4.31 Å². The summed E-state index contributed by atoms with van der Waals surface area (Å²) < 4.78 is 53.4. The number of hydrogen-bond acceptors (Lipinski definition) is 5. The van der Waals surface area contributed by atoms with Gasteiger partial charge >= 0.3 is 0 Å². The summed E-state index contributed by atoms with van der Waals surface area (Å²) in [5, 5.41) is -0.722. The summed E-state index contributed by atoms with van der Waals surface area (Å²) in [6, 6.07) is 2.94. The third-order valence-corrected chi connectivity index (χ3v) is 6.86. The first kappa shape index (κ1) is 13.6. The molecule has 1 aromatic heterocycles. The molecule has 0 N–H and O–H groups in total. The summed E-state index contributed by atoms with van der Waals surface area (Å²) in [6.45, 7) is 3.23. The zero-order chi connectivity index (χ0) is 13.6. The van der Waals surface area contributed by atoms with E-state index in [1.165, 1.54) is 6.07 Å².